The number of nitro groups is 1. The zero-order valence-corrected chi connectivity index (χ0v) is 11.2. The Morgan fingerprint density at radius 3 is 2.70 bits per heavy atom. The van der Waals surface area contributed by atoms with Gasteiger partial charge in [-0.2, -0.15) is 0 Å². The molecule has 2 aromatic rings. The zero-order chi connectivity index (χ0) is 14.5. The number of benzene rings is 2. The van der Waals surface area contributed by atoms with Gasteiger partial charge in [0, 0.05) is 23.9 Å². The minimum atomic E-state index is -0.498. The second kappa shape index (κ2) is 6.34. The van der Waals surface area contributed by atoms with Gasteiger partial charge in [-0.05, 0) is 24.6 Å². The van der Waals surface area contributed by atoms with Crippen molar-refractivity contribution in [2.24, 2.45) is 0 Å². The van der Waals surface area contributed by atoms with Crippen LogP contribution in [0.5, 0.6) is 0 Å². The van der Waals surface area contributed by atoms with Gasteiger partial charge in [-0.15, -0.1) is 0 Å². The Morgan fingerprint density at radius 2 is 2.00 bits per heavy atom. The molecule has 2 rings (SSSR count). The van der Waals surface area contributed by atoms with E-state index >= 15 is 0 Å². The van der Waals surface area contributed by atoms with E-state index in [0.717, 1.165) is 0 Å². The van der Waals surface area contributed by atoms with Crippen LogP contribution in [-0.2, 0) is 6.42 Å². The Balaban J connectivity index is 1.99. The molecule has 0 atom stereocenters. The molecule has 1 N–H and O–H groups in total. The highest BCUT2D eigenvalue weighted by Gasteiger charge is 2.11. The van der Waals surface area contributed by atoms with Crippen LogP contribution in [0, 0.1) is 15.9 Å². The molecule has 0 fully saturated rings. The fraction of sp³-hybridized carbons (Fsp3) is 0.143. The molecule has 0 radical (unpaired) electrons. The van der Waals surface area contributed by atoms with E-state index in [1.807, 2.05) is 0 Å². The fourth-order valence-electron chi connectivity index (χ4n) is 1.85. The van der Waals surface area contributed by atoms with E-state index in [-0.39, 0.29) is 10.7 Å². The minimum absolute atomic E-state index is 0.0641. The molecule has 0 aliphatic carbocycles. The molecule has 0 heterocycles. The van der Waals surface area contributed by atoms with Gasteiger partial charge in [-0.25, -0.2) is 4.39 Å². The predicted octanol–water partition coefficient (Wildman–Crippen LogP) is 4.04. The van der Waals surface area contributed by atoms with Crippen molar-refractivity contribution in [1.82, 2.24) is 0 Å². The molecule has 0 aromatic heterocycles. The van der Waals surface area contributed by atoms with Gasteiger partial charge in [0.05, 0.1) is 9.95 Å². The van der Waals surface area contributed by atoms with Crippen molar-refractivity contribution in [2.45, 2.75) is 6.42 Å². The summed E-state index contributed by atoms with van der Waals surface area (Å²) in [5.74, 6) is -0.498. The zero-order valence-electron chi connectivity index (χ0n) is 10.5. The Hall–Kier alpha value is -2.14. The third-order valence-electron chi connectivity index (χ3n) is 2.83. The molecule has 2 aromatic carbocycles. The lowest BCUT2D eigenvalue weighted by Gasteiger charge is -2.07. The lowest BCUT2D eigenvalue weighted by molar-refractivity contribution is -0.385. The number of hydrogen-bond acceptors (Lipinski definition) is 3. The first-order valence-corrected chi connectivity index (χ1v) is 6.37. The second-order valence-electron chi connectivity index (χ2n) is 4.19. The van der Waals surface area contributed by atoms with Crippen LogP contribution in [0.25, 0.3) is 0 Å². The fourth-order valence-corrected chi connectivity index (χ4v) is 1.97. The molecule has 4 nitrogen and oxygen atoms in total. The van der Waals surface area contributed by atoms with Crippen molar-refractivity contribution in [3.63, 3.8) is 0 Å². The van der Waals surface area contributed by atoms with Crippen LogP contribution in [0.2, 0.25) is 5.02 Å². The third-order valence-corrected chi connectivity index (χ3v) is 3.14. The summed E-state index contributed by atoms with van der Waals surface area (Å²) in [7, 11) is 0. The van der Waals surface area contributed by atoms with E-state index in [2.05, 4.69) is 5.32 Å². The predicted molar refractivity (Wildman–Crippen MR) is 76.7 cm³/mol. The van der Waals surface area contributed by atoms with E-state index in [1.54, 1.807) is 24.3 Å². The highest BCUT2D eigenvalue weighted by atomic mass is 35.5. The minimum Gasteiger partial charge on any atom is -0.385 e. The molecule has 0 amide bonds. The molecular weight excluding hydrogens is 283 g/mol. The van der Waals surface area contributed by atoms with Gasteiger partial charge in [0.25, 0.3) is 5.69 Å². The van der Waals surface area contributed by atoms with Crippen molar-refractivity contribution < 1.29 is 9.31 Å². The van der Waals surface area contributed by atoms with Crippen molar-refractivity contribution in [2.75, 3.05) is 11.9 Å². The number of para-hydroxylation sites is 1. The summed E-state index contributed by atoms with van der Waals surface area (Å²) in [5, 5.41) is 13.9. The summed E-state index contributed by atoms with van der Waals surface area (Å²) in [5.41, 5.74) is 1.32. The molecule has 0 aliphatic rings. The third kappa shape index (κ3) is 3.45. The summed E-state index contributed by atoms with van der Waals surface area (Å²) >= 11 is 5.59. The Kier molecular flexibility index (Phi) is 4.53. The lowest BCUT2D eigenvalue weighted by atomic mass is 10.1. The maximum absolute atomic E-state index is 13.2. The number of nitrogens with zero attached hydrogens (tertiary/aromatic N) is 1. The molecule has 104 valence electrons. The van der Waals surface area contributed by atoms with Gasteiger partial charge < -0.3 is 5.32 Å². The summed E-state index contributed by atoms with van der Waals surface area (Å²) in [4.78, 5) is 10.5. The van der Waals surface area contributed by atoms with Crippen LogP contribution in [0.15, 0.2) is 42.5 Å². The van der Waals surface area contributed by atoms with Gasteiger partial charge in [-0.3, -0.25) is 10.1 Å². The van der Waals surface area contributed by atoms with Gasteiger partial charge in [0.15, 0.2) is 0 Å². The molecule has 6 heteroatoms. The van der Waals surface area contributed by atoms with Gasteiger partial charge in [0.1, 0.15) is 5.82 Å². The Morgan fingerprint density at radius 1 is 1.25 bits per heavy atom. The summed E-state index contributed by atoms with van der Waals surface area (Å²) in [6.45, 7) is 0.464. The first-order valence-electron chi connectivity index (χ1n) is 5.99. The summed E-state index contributed by atoms with van der Waals surface area (Å²) in [6, 6.07) is 11.0. The van der Waals surface area contributed by atoms with Crippen LogP contribution < -0.4 is 5.32 Å². The van der Waals surface area contributed by atoms with Crippen molar-refractivity contribution in [3.8, 4) is 0 Å². The van der Waals surface area contributed by atoms with Crippen molar-refractivity contribution >= 4 is 23.0 Å². The first kappa shape index (κ1) is 14.3. The van der Waals surface area contributed by atoms with E-state index in [4.69, 9.17) is 11.6 Å². The largest absolute Gasteiger partial charge is 0.385 e. The van der Waals surface area contributed by atoms with E-state index in [0.29, 0.717) is 24.2 Å². The number of nitrogens with one attached hydrogen (secondary N) is 1. The molecule has 0 spiro atoms. The molecule has 0 unspecified atom stereocenters. The van der Waals surface area contributed by atoms with Crippen LogP contribution in [-0.4, -0.2) is 11.5 Å². The number of rotatable bonds is 5. The first-order chi connectivity index (χ1) is 9.58. The highest BCUT2D eigenvalue weighted by molar-refractivity contribution is 6.30. The molecular formula is C14H12ClFN2O2. The molecule has 20 heavy (non-hydrogen) atoms. The highest BCUT2D eigenvalue weighted by Crippen LogP contribution is 2.20. The summed E-state index contributed by atoms with van der Waals surface area (Å²) < 4.78 is 13.2. The van der Waals surface area contributed by atoms with E-state index in [9.17, 15) is 14.5 Å². The standard InChI is InChI=1S/C14H12ClFN2O2/c15-12-6-5-11(9-13(12)16)17-8-7-10-3-1-2-4-14(10)18(19)20/h1-6,9,17H,7-8H2. The van der Waals surface area contributed by atoms with Crippen molar-refractivity contribution in [1.29, 1.82) is 0 Å². The Labute approximate surface area is 120 Å². The monoisotopic (exact) mass is 294 g/mol. The van der Waals surface area contributed by atoms with Gasteiger partial charge in [-0.1, -0.05) is 29.8 Å². The normalized spacial score (nSPS) is 10.3. The lowest BCUT2D eigenvalue weighted by Crippen LogP contribution is -2.06. The van der Waals surface area contributed by atoms with Crippen molar-refractivity contribution in [3.05, 3.63) is 69.0 Å². The van der Waals surface area contributed by atoms with Gasteiger partial charge >= 0.3 is 0 Å². The second-order valence-corrected chi connectivity index (χ2v) is 4.60. The topological polar surface area (TPSA) is 55.2 Å². The maximum atomic E-state index is 13.2. The van der Waals surface area contributed by atoms with E-state index < -0.39 is 10.7 Å². The van der Waals surface area contributed by atoms with Crippen LogP contribution >= 0.6 is 11.6 Å². The molecule has 0 aliphatic heterocycles. The average molecular weight is 295 g/mol. The maximum Gasteiger partial charge on any atom is 0.272 e. The molecule has 0 saturated carbocycles. The SMILES string of the molecule is O=[N+]([O-])c1ccccc1CCNc1ccc(Cl)c(F)c1. The van der Waals surface area contributed by atoms with E-state index in [1.165, 1.54) is 18.2 Å². The molecule has 0 saturated heterocycles. The van der Waals surface area contributed by atoms with Crippen LogP contribution in [0.4, 0.5) is 15.8 Å². The smallest absolute Gasteiger partial charge is 0.272 e. The van der Waals surface area contributed by atoms with Crippen LogP contribution in [0.3, 0.4) is 0 Å². The quantitative estimate of drug-likeness (QED) is 0.669. The number of halogens is 2. The molecule has 0 bridgehead atoms. The number of hydrogen-bond donors (Lipinski definition) is 1. The number of anilines is 1. The van der Waals surface area contributed by atoms with Crippen LogP contribution in [0.1, 0.15) is 5.56 Å². The van der Waals surface area contributed by atoms with Gasteiger partial charge in [0.2, 0.25) is 0 Å². The summed E-state index contributed by atoms with van der Waals surface area (Å²) in [6.07, 6.45) is 0.474. The average Bonchev–Trinajstić information content (AvgIpc) is 2.43. The Bertz CT molecular complexity index is 634. The number of nitro benzene ring substituents is 1.